The number of H-pyrrole nitrogens is 1. The van der Waals surface area contributed by atoms with Crippen LogP contribution in [0.2, 0.25) is 0 Å². The van der Waals surface area contributed by atoms with E-state index >= 15 is 0 Å². The van der Waals surface area contributed by atoms with E-state index in [0.29, 0.717) is 0 Å². The van der Waals surface area contributed by atoms with E-state index in [1.165, 1.54) is 5.39 Å². The highest BCUT2D eigenvalue weighted by Crippen LogP contribution is 2.34. The second-order valence-electron chi connectivity index (χ2n) is 5.12. The van der Waals surface area contributed by atoms with Gasteiger partial charge in [0.05, 0.1) is 0 Å². The normalized spacial score (nSPS) is 10.7. The first kappa shape index (κ1) is 12.7. The smallest absolute Gasteiger partial charge is 0.135 e. The topological polar surface area (TPSA) is 25.0 Å². The molecule has 0 aliphatic rings. The van der Waals surface area contributed by atoms with Crippen molar-refractivity contribution >= 4 is 10.9 Å². The van der Waals surface area contributed by atoms with Crippen molar-refractivity contribution < 1.29 is 4.74 Å². The predicted molar refractivity (Wildman–Crippen MR) is 89.1 cm³/mol. The molecule has 1 heterocycles. The van der Waals surface area contributed by atoms with Gasteiger partial charge in [0.2, 0.25) is 0 Å². The van der Waals surface area contributed by atoms with Crippen LogP contribution in [0.4, 0.5) is 0 Å². The first-order valence-corrected chi connectivity index (χ1v) is 7.21. The molecule has 0 aliphatic heterocycles. The third-order valence-corrected chi connectivity index (χ3v) is 3.66. The summed E-state index contributed by atoms with van der Waals surface area (Å²) in [6.45, 7) is 0. The van der Waals surface area contributed by atoms with Gasteiger partial charge in [-0.2, -0.15) is 0 Å². The number of nitrogens with one attached hydrogen (secondary N) is 1. The Labute approximate surface area is 129 Å². The Morgan fingerprint density at radius 2 is 1.82 bits per heavy atom. The molecule has 0 aliphatic carbocycles. The van der Waals surface area contributed by atoms with E-state index in [0.717, 1.165) is 28.1 Å². The lowest BCUT2D eigenvalue weighted by molar-refractivity contribution is 0.484. The monoisotopic (exact) mass is 284 g/mol. The van der Waals surface area contributed by atoms with E-state index in [9.17, 15) is 0 Å². The zero-order chi connectivity index (χ0) is 14.8. The fraction of sp³-hybridized carbons (Fsp3) is 0. The van der Waals surface area contributed by atoms with Crippen molar-refractivity contribution in [2.45, 2.75) is 0 Å². The molecule has 2 nitrogen and oxygen atoms in total. The van der Waals surface area contributed by atoms with Gasteiger partial charge in [-0.15, -0.1) is 0 Å². The van der Waals surface area contributed by atoms with Crippen LogP contribution in [0.5, 0.6) is 11.5 Å². The maximum atomic E-state index is 6.02. The van der Waals surface area contributed by atoms with Crippen LogP contribution in [0, 0.1) is 6.07 Å². The van der Waals surface area contributed by atoms with Crippen LogP contribution in [0.3, 0.4) is 0 Å². The number of para-hydroxylation sites is 1. The highest BCUT2D eigenvalue weighted by atomic mass is 16.5. The van der Waals surface area contributed by atoms with Gasteiger partial charge in [-0.25, -0.2) is 0 Å². The zero-order valence-corrected chi connectivity index (χ0v) is 11.9. The first-order chi connectivity index (χ1) is 10.9. The van der Waals surface area contributed by atoms with Crippen molar-refractivity contribution in [1.82, 2.24) is 4.98 Å². The molecule has 1 N–H and O–H groups in total. The van der Waals surface area contributed by atoms with Gasteiger partial charge in [-0.05, 0) is 47.3 Å². The van der Waals surface area contributed by atoms with Gasteiger partial charge in [0.1, 0.15) is 11.5 Å². The average molecular weight is 284 g/mol. The Morgan fingerprint density at radius 3 is 2.73 bits per heavy atom. The molecule has 105 valence electrons. The fourth-order valence-corrected chi connectivity index (χ4v) is 2.57. The van der Waals surface area contributed by atoms with Gasteiger partial charge in [-0.1, -0.05) is 42.5 Å². The van der Waals surface area contributed by atoms with Gasteiger partial charge in [0, 0.05) is 17.3 Å². The summed E-state index contributed by atoms with van der Waals surface area (Å²) < 4.78 is 6.02. The summed E-state index contributed by atoms with van der Waals surface area (Å²) in [5, 5.41) is 1.21. The Hall–Kier alpha value is -3.00. The molecule has 22 heavy (non-hydrogen) atoms. The van der Waals surface area contributed by atoms with Gasteiger partial charge in [0.25, 0.3) is 0 Å². The minimum absolute atomic E-state index is 0.805. The number of rotatable bonds is 3. The molecule has 4 aromatic rings. The summed E-state index contributed by atoms with van der Waals surface area (Å²) in [6, 6.07) is 27.2. The Bertz CT molecular complexity index is 909. The van der Waals surface area contributed by atoms with E-state index in [-0.39, 0.29) is 0 Å². The van der Waals surface area contributed by atoms with Crippen molar-refractivity contribution in [3.63, 3.8) is 0 Å². The lowest BCUT2D eigenvalue weighted by Crippen LogP contribution is -1.88. The molecular formula is C20H14NO. The summed E-state index contributed by atoms with van der Waals surface area (Å²) >= 11 is 0. The van der Waals surface area contributed by atoms with E-state index in [1.54, 1.807) is 0 Å². The lowest BCUT2D eigenvalue weighted by atomic mass is 10.0. The number of hydrogen-bond donors (Lipinski definition) is 1. The van der Waals surface area contributed by atoms with Crippen LogP contribution in [0.15, 0.2) is 79.0 Å². The standard InChI is InChI=1S/C20H14NO/c1-2-6-17(7-3-1)22-20-9-5-4-8-18(20)16-11-10-15-12-13-21-19(15)14-16/h1-4,6-14,21H. The second kappa shape index (κ2) is 5.41. The summed E-state index contributed by atoms with van der Waals surface area (Å²) in [6.07, 6.45) is 1.95. The first-order valence-electron chi connectivity index (χ1n) is 7.21. The number of ether oxygens (including phenoxy) is 1. The Morgan fingerprint density at radius 1 is 0.909 bits per heavy atom. The SMILES string of the molecule is [c]1ccc(-c2ccc3cc[nH]c3c2)c(Oc2ccccc2)c1. The second-order valence-corrected chi connectivity index (χ2v) is 5.12. The van der Waals surface area contributed by atoms with Gasteiger partial charge in [-0.3, -0.25) is 0 Å². The number of aromatic amines is 1. The molecule has 0 unspecified atom stereocenters. The highest BCUT2D eigenvalue weighted by Gasteiger charge is 2.08. The minimum Gasteiger partial charge on any atom is -0.457 e. The van der Waals surface area contributed by atoms with Crippen LogP contribution in [-0.2, 0) is 0 Å². The highest BCUT2D eigenvalue weighted by molar-refractivity contribution is 5.86. The van der Waals surface area contributed by atoms with Crippen molar-refractivity contribution in [1.29, 1.82) is 0 Å². The molecular weight excluding hydrogens is 270 g/mol. The van der Waals surface area contributed by atoms with E-state index in [2.05, 4.69) is 35.3 Å². The van der Waals surface area contributed by atoms with Gasteiger partial charge >= 0.3 is 0 Å². The molecule has 0 atom stereocenters. The van der Waals surface area contributed by atoms with Crippen LogP contribution in [-0.4, -0.2) is 4.98 Å². The van der Waals surface area contributed by atoms with Crippen LogP contribution in [0.1, 0.15) is 0 Å². The summed E-state index contributed by atoms with van der Waals surface area (Å²) in [5.41, 5.74) is 3.30. The number of aromatic nitrogens is 1. The molecule has 0 fully saturated rings. The van der Waals surface area contributed by atoms with E-state index in [4.69, 9.17) is 4.74 Å². The van der Waals surface area contributed by atoms with Gasteiger partial charge in [0.15, 0.2) is 0 Å². The third-order valence-electron chi connectivity index (χ3n) is 3.66. The summed E-state index contributed by atoms with van der Waals surface area (Å²) in [7, 11) is 0. The van der Waals surface area contributed by atoms with Crippen molar-refractivity contribution in [3.05, 3.63) is 85.1 Å². The van der Waals surface area contributed by atoms with E-state index in [1.807, 2.05) is 54.7 Å². The van der Waals surface area contributed by atoms with Crippen molar-refractivity contribution in [3.8, 4) is 22.6 Å². The predicted octanol–water partition coefficient (Wildman–Crippen LogP) is 5.43. The summed E-state index contributed by atoms with van der Waals surface area (Å²) in [5.74, 6) is 1.63. The maximum Gasteiger partial charge on any atom is 0.135 e. The lowest BCUT2D eigenvalue weighted by Gasteiger charge is -2.11. The number of hydrogen-bond acceptors (Lipinski definition) is 1. The fourth-order valence-electron chi connectivity index (χ4n) is 2.57. The van der Waals surface area contributed by atoms with Crippen molar-refractivity contribution in [2.24, 2.45) is 0 Å². The van der Waals surface area contributed by atoms with Crippen molar-refractivity contribution in [2.75, 3.05) is 0 Å². The third kappa shape index (κ3) is 2.35. The molecule has 4 rings (SSSR count). The molecule has 0 saturated carbocycles. The van der Waals surface area contributed by atoms with E-state index < -0.39 is 0 Å². The van der Waals surface area contributed by atoms with Crippen LogP contribution < -0.4 is 4.74 Å². The summed E-state index contributed by atoms with van der Waals surface area (Å²) in [4.78, 5) is 3.25. The molecule has 0 bridgehead atoms. The molecule has 1 radical (unpaired) electrons. The quantitative estimate of drug-likeness (QED) is 0.533. The Balaban J connectivity index is 1.78. The van der Waals surface area contributed by atoms with Crippen LogP contribution in [0.25, 0.3) is 22.0 Å². The molecule has 0 amide bonds. The molecule has 0 saturated heterocycles. The number of benzene rings is 3. The molecule has 3 aromatic carbocycles. The number of fused-ring (bicyclic) bond motifs is 1. The molecule has 0 spiro atoms. The zero-order valence-electron chi connectivity index (χ0n) is 11.9. The van der Waals surface area contributed by atoms with Crippen LogP contribution >= 0.6 is 0 Å². The average Bonchev–Trinajstić information content (AvgIpc) is 3.04. The molecule has 2 heteroatoms. The largest absolute Gasteiger partial charge is 0.457 e. The van der Waals surface area contributed by atoms with Gasteiger partial charge < -0.3 is 9.72 Å². The maximum absolute atomic E-state index is 6.02. The molecule has 1 aromatic heterocycles. The minimum atomic E-state index is 0.805. The Kier molecular flexibility index (Phi) is 3.13.